The predicted molar refractivity (Wildman–Crippen MR) is 54.4 cm³/mol. The number of nitrogens with zero attached hydrogens (tertiary/aromatic N) is 2. The minimum Gasteiger partial charge on any atom is -0.302 e. The van der Waals surface area contributed by atoms with Crippen molar-refractivity contribution in [2.75, 3.05) is 0 Å². The van der Waals surface area contributed by atoms with E-state index in [1.54, 1.807) is 0 Å². The van der Waals surface area contributed by atoms with Gasteiger partial charge in [-0.25, -0.2) is 4.98 Å². The fourth-order valence-electron chi connectivity index (χ4n) is 2.27. The molecular weight excluding hydrogens is 176 g/mol. The zero-order chi connectivity index (χ0) is 9.71. The van der Waals surface area contributed by atoms with Crippen LogP contribution in [-0.2, 0) is 6.42 Å². The normalized spacial score (nSPS) is 19.1. The third-order valence-electron chi connectivity index (χ3n) is 2.85. The first-order valence-electron chi connectivity index (χ1n) is 4.76. The Bertz CT molecular complexity index is 571. The summed E-state index contributed by atoms with van der Waals surface area (Å²) in [6.07, 6.45) is 2.35. The highest BCUT2D eigenvalue weighted by molar-refractivity contribution is 5.79. The van der Waals surface area contributed by atoms with Crippen molar-refractivity contribution in [2.45, 2.75) is 19.4 Å². The van der Waals surface area contributed by atoms with Crippen molar-refractivity contribution < 1.29 is 0 Å². The van der Waals surface area contributed by atoms with E-state index in [1.165, 1.54) is 11.8 Å². The van der Waals surface area contributed by atoms with E-state index < -0.39 is 0 Å². The second kappa shape index (κ2) is 2.44. The zero-order valence-electron chi connectivity index (χ0n) is 7.90. The van der Waals surface area contributed by atoms with Crippen LogP contribution in [-0.4, -0.2) is 9.55 Å². The topological polar surface area (TPSA) is 34.9 Å². The number of rotatable bonds is 0. The number of benzene rings is 1. The average molecular weight is 186 g/mol. The lowest BCUT2D eigenvalue weighted by Crippen LogP contribution is -2.20. The molecule has 0 unspecified atom stereocenters. The van der Waals surface area contributed by atoms with Gasteiger partial charge >= 0.3 is 0 Å². The average Bonchev–Trinajstić information content (AvgIpc) is 2.51. The molecule has 14 heavy (non-hydrogen) atoms. The van der Waals surface area contributed by atoms with Gasteiger partial charge in [0.1, 0.15) is 0 Å². The summed E-state index contributed by atoms with van der Waals surface area (Å²) in [6, 6.07) is 6.29. The monoisotopic (exact) mass is 186 g/mol. The molecule has 0 saturated carbocycles. The summed E-state index contributed by atoms with van der Waals surface area (Å²) < 4.78 is 1.84. The Labute approximate surface area is 81.0 Å². The van der Waals surface area contributed by atoms with Crippen LogP contribution in [0.15, 0.2) is 29.2 Å². The molecule has 2 aromatic rings. The number of hydrogen-bond acceptors (Lipinski definition) is 2. The van der Waals surface area contributed by atoms with E-state index in [0.717, 1.165) is 17.5 Å². The van der Waals surface area contributed by atoms with Gasteiger partial charge in [0.15, 0.2) is 0 Å². The highest BCUT2D eigenvalue weighted by atomic mass is 16.1. The summed E-state index contributed by atoms with van der Waals surface area (Å²) in [5, 5.41) is 0. The highest BCUT2D eigenvalue weighted by Gasteiger charge is 2.21. The van der Waals surface area contributed by atoms with Gasteiger partial charge in [-0.15, -0.1) is 0 Å². The Kier molecular flexibility index (Phi) is 1.35. The molecule has 1 aliphatic rings. The Balaban J connectivity index is 2.59. The van der Waals surface area contributed by atoms with Crippen LogP contribution in [0.2, 0.25) is 0 Å². The molecule has 1 atom stereocenters. The van der Waals surface area contributed by atoms with E-state index >= 15 is 0 Å². The summed E-state index contributed by atoms with van der Waals surface area (Å²) in [5.41, 5.74) is 3.19. The summed E-state index contributed by atoms with van der Waals surface area (Å²) >= 11 is 0. The maximum absolute atomic E-state index is 11.6. The van der Waals surface area contributed by atoms with Crippen LogP contribution in [0.3, 0.4) is 0 Å². The maximum atomic E-state index is 11.6. The van der Waals surface area contributed by atoms with E-state index in [1.807, 2.05) is 16.7 Å². The first kappa shape index (κ1) is 7.74. The smallest absolute Gasteiger partial charge is 0.269 e. The Hall–Kier alpha value is -1.64. The van der Waals surface area contributed by atoms with E-state index in [9.17, 15) is 4.79 Å². The lowest BCUT2D eigenvalue weighted by Gasteiger charge is -2.06. The zero-order valence-corrected chi connectivity index (χ0v) is 7.90. The molecule has 0 spiro atoms. The number of hydrogen-bond donors (Lipinski definition) is 0. The third kappa shape index (κ3) is 0.816. The lowest BCUT2D eigenvalue weighted by molar-refractivity contribution is 0.577. The molecule has 0 bridgehead atoms. The molecule has 0 saturated heterocycles. The Morgan fingerprint density at radius 1 is 1.50 bits per heavy atom. The Morgan fingerprint density at radius 3 is 3.21 bits per heavy atom. The van der Waals surface area contributed by atoms with E-state index in [4.69, 9.17) is 0 Å². The number of para-hydroxylation sites is 1. The molecule has 1 aliphatic heterocycles. The van der Waals surface area contributed by atoms with Crippen LogP contribution in [0, 0.1) is 0 Å². The van der Waals surface area contributed by atoms with Crippen molar-refractivity contribution in [2.24, 2.45) is 0 Å². The van der Waals surface area contributed by atoms with Gasteiger partial charge in [-0.1, -0.05) is 12.1 Å². The standard InChI is InChI=1S/C11H10N2O/c1-7-5-8-3-2-4-9-11(8)13(7)10(14)6-12-9/h2-4,6-7H,5H2,1H3/t7-/m0/s1. The van der Waals surface area contributed by atoms with Crippen LogP contribution in [0.4, 0.5) is 0 Å². The second-order valence-corrected chi connectivity index (χ2v) is 3.80. The molecule has 0 radical (unpaired) electrons. The quantitative estimate of drug-likeness (QED) is 0.625. The maximum Gasteiger partial charge on any atom is 0.269 e. The van der Waals surface area contributed by atoms with Crippen LogP contribution >= 0.6 is 0 Å². The van der Waals surface area contributed by atoms with Crippen molar-refractivity contribution in [3.63, 3.8) is 0 Å². The van der Waals surface area contributed by atoms with Crippen LogP contribution in [0.5, 0.6) is 0 Å². The van der Waals surface area contributed by atoms with Gasteiger partial charge < -0.3 is 4.57 Å². The van der Waals surface area contributed by atoms with Gasteiger partial charge in [-0.3, -0.25) is 4.79 Å². The van der Waals surface area contributed by atoms with Crippen molar-refractivity contribution in [1.29, 1.82) is 0 Å². The van der Waals surface area contributed by atoms with E-state index in [0.29, 0.717) is 0 Å². The largest absolute Gasteiger partial charge is 0.302 e. The molecule has 0 N–H and O–H groups in total. The van der Waals surface area contributed by atoms with E-state index in [-0.39, 0.29) is 11.6 Å². The second-order valence-electron chi connectivity index (χ2n) is 3.80. The first-order chi connectivity index (χ1) is 6.77. The van der Waals surface area contributed by atoms with Gasteiger partial charge in [0.2, 0.25) is 0 Å². The fourth-order valence-corrected chi connectivity index (χ4v) is 2.27. The molecular formula is C11H10N2O. The van der Waals surface area contributed by atoms with Gasteiger partial charge in [-0.2, -0.15) is 0 Å². The minimum absolute atomic E-state index is 0.00921. The number of aromatic nitrogens is 2. The summed E-state index contributed by atoms with van der Waals surface area (Å²) in [4.78, 5) is 15.8. The molecule has 0 amide bonds. The lowest BCUT2D eigenvalue weighted by atomic mass is 10.1. The molecule has 3 nitrogen and oxygen atoms in total. The van der Waals surface area contributed by atoms with Crippen LogP contribution in [0.25, 0.3) is 11.0 Å². The van der Waals surface area contributed by atoms with Crippen molar-refractivity contribution >= 4 is 11.0 Å². The Morgan fingerprint density at radius 2 is 2.36 bits per heavy atom. The molecule has 3 rings (SSSR count). The van der Waals surface area contributed by atoms with Gasteiger partial charge in [0.25, 0.3) is 5.56 Å². The van der Waals surface area contributed by atoms with E-state index in [2.05, 4.69) is 18.0 Å². The SMILES string of the molecule is C[C@H]1Cc2cccc3ncc(=O)n1c23. The molecule has 0 aliphatic carbocycles. The van der Waals surface area contributed by atoms with Gasteiger partial charge in [0, 0.05) is 6.04 Å². The summed E-state index contributed by atoms with van der Waals surface area (Å²) in [7, 11) is 0. The molecule has 0 fully saturated rings. The summed E-state index contributed by atoms with van der Waals surface area (Å²) in [6.45, 7) is 2.07. The molecule has 1 aromatic heterocycles. The molecule has 2 heterocycles. The van der Waals surface area contributed by atoms with Gasteiger partial charge in [0.05, 0.1) is 17.2 Å². The van der Waals surface area contributed by atoms with Crippen molar-refractivity contribution in [1.82, 2.24) is 9.55 Å². The molecule has 1 aromatic carbocycles. The molecule has 3 heteroatoms. The minimum atomic E-state index is 0.00921. The first-order valence-corrected chi connectivity index (χ1v) is 4.76. The third-order valence-corrected chi connectivity index (χ3v) is 2.85. The summed E-state index contributed by atoms with van der Waals surface area (Å²) in [5.74, 6) is 0. The fraction of sp³-hybridized carbons (Fsp3) is 0.273. The van der Waals surface area contributed by atoms with Crippen molar-refractivity contribution in [3.8, 4) is 0 Å². The predicted octanol–water partition coefficient (Wildman–Crippen LogP) is 1.51. The molecule has 70 valence electrons. The van der Waals surface area contributed by atoms with Crippen molar-refractivity contribution in [3.05, 3.63) is 40.3 Å². The van der Waals surface area contributed by atoms with Crippen LogP contribution < -0.4 is 5.56 Å². The highest BCUT2D eigenvalue weighted by Crippen LogP contribution is 2.28. The van der Waals surface area contributed by atoms with Crippen LogP contribution in [0.1, 0.15) is 18.5 Å². The van der Waals surface area contributed by atoms with Gasteiger partial charge in [-0.05, 0) is 25.0 Å².